The van der Waals surface area contributed by atoms with E-state index in [0.29, 0.717) is 6.42 Å². The molecule has 21 heavy (non-hydrogen) atoms. The van der Waals surface area contributed by atoms with Crippen molar-refractivity contribution < 1.29 is 4.79 Å². The van der Waals surface area contributed by atoms with Gasteiger partial charge in [-0.15, -0.1) is 0 Å². The fourth-order valence-corrected chi connectivity index (χ4v) is 2.72. The van der Waals surface area contributed by atoms with E-state index in [1.807, 2.05) is 43.5 Å². The molecule has 0 saturated heterocycles. The second-order valence-electron chi connectivity index (χ2n) is 5.33. The lowest BCUT2D eigenvalue weighted by molar-refractivity contribution is -0.121. The average Bonchev–Trinajstić information content (AvgIpc) is 2.55. The van der Waals surface area contributed by atoms with Gasteiger partial charge in [0.15, 0.2) is 5.82 Å². The van der Waals surface area contributed by atoms with Gasteiger partial charge in [0.2, 0.25) is 5.91 Å². The maximum absolute atomic E-state index is 11.6. The molecule has 1 atom stereocenters. The van der Waals surface area contributed by atoms with Crippen LogP contribution in [0, 0.1) is 0 Å². The van der Waals surface area contributed by atoms with Crippen LogP contribution in [0.4, 0.5) is 0 Å². The molecule has 1 amide bonds. The summed E-state index contributed by atoms with van der Waals surface area (Å²) in [6.07, 6.45) is 5.36. The summed E-state index contributed by atoms with van der Waals surface area (Å²) in [7, 11) is 0. The molecular formula is C17H19N3O. The number of hydrogen-bond acceptors (Lipinski definition) is 3. The van der Waals surface area contributed by atoms with Gasteiger partial charge in [0.05, 0.1) is 6.04 Å². The Morgan fingerprint density at radius 3 is 2.90 bits per heavy atom. The fraction of sp³-hybridized carbons (Fsp3) is 0.353. The highest BCUT2D eigenvalue weighted by Gasteiger charge is 2.23. The lowest BCUT2D eigenvalue weighted by Gasteiger charge is -2.25. The number of fused-ring (bicyclic) bond motifs is 1. The topological polar surface area (TPSA) is 54.9 Å². The Bertz CT molecular complexity index is 640. The number of benzene rings is 1. The van der Waals surface area contributed by atoms with Gasteiger partial charge in [-0.25, -0.2) is 9.97 Å². The molecule has 1 heterocycles. The minimum atomic E-state index is 0.0611. The molecule has 3 rings (SSSR count). The van der Waals surface area contributed by atoms with Crippen molar-refractivity contribution in [3.63, 3.8) is 0 Å². The number of rotatable bonds is 3. The largest absolute Gasteiger partial charge is 0.349 e. The highest BCUT2D eigenvalue weighted by Crippen LogP contribution is 2.29. The van der Waals surface area contributed by atoms with Gasteiger partial charge in [-0.05, 0) is 19.3 Å². The van der Waals surface area contributed by atoms with Crippen molar-refractivity contribution in [2.24, 2.45) is 0 Å². The van der Waals surface area contributed by atoms with Crippen LogP contribution in [0.15, 0.2) is 36.5 Å². The van der Waals surface area contributed by atoms with Crippen molar-refractivity contribution >= 4 is 5.91 Å². The fourth-order valence-electron chi connectivity index (χ4n) is 2.72. The van der Waals surface area contributed by atoms with Gasteiger partial charge in [0, 0.05) is 29.4 Å². The van der Waals surface area contributed by atoms with Crippen molar-refractivity contribution in [1.82, 2.24) is 15.3 Å². The van der Waals surface area contributed by atoms with Crippen LogP contribution < -0.4 is 5.32 Å². The minimum Gasteiger partial charge on any atom is -0.349 e. The lowest BCUT2D eigenvalue weighted by Crippen LogP contribution is -2.30. The summed E-state index contributed by atoms with van der Waals surface area (Å²) in [5.74, 6) is 0.844. The van der Waals surface area contributed by atoms with Crippen LogP contribution in [-0.4, -0.2) is 15.9 Å². The van der Waals surface area contributed by atoms with Crippen molar-refractivity contribution in [2.45, 2.75) is 38.6 Å². The molecule has 1 N–H and O–H groups in total. The van der Waals surface area contributed by atoms with E-state index < -0.39 is 0 Å². The first-order valence-corrected chi connectivity index (χ1v) is 7.48. The van der Waals surface area contributed by atoms with Crippen LogP contribution in [0.2, 0.25) is 0 Å². The number of carbonyl (C=O) groups excluding carboxylic acids is 1. The zero-order valence-electron chi connectivity index (χ0n) is 12.2. The van der Waals surface area contributed by atoms with Crippen LogP contribution in [-0.2, 0) is 11.2 Å². The van der Waals surface area contributed by atoms with Gasteiger partial charge in [0.25, 0.3) is 0 Å². The molecule has 108 valence electrons. The maximum Gasteiger partial charge on any atom is 0.220 e. The van der Waals surface area contributed by atoms with Crippen molar-refractivity contribution in [3.8, 4) is 11.4 Å². The summed E-state index contributed by atoms with van der Waals surface area (Å²) in [6, 6.07) is 10.1. The monoisotopic (exact) mass is 281 g/mol. The Labute approximate surface area is 124 Å². The zero-order valence-corrected chi connectivity index (χ0v) is 12.2. The SMILES string of the molecule is CCC(=O)N[C@@H]1CCCc2nc(-c3ccccc3)ncc21. The average molecular weight is 281 g/mol. The van der Waals surface area contributed by atoms with E-state index in [1.165, 1.54) is 0 Å². The van der Waals surface area contributed by atoms with Gasteiger partial charge in [-0.2, -0.15) is 0 Å². The first-order valence-electron chi connectivity index (χ1n) is 7.48. The summed E-state index contributed by atoms with van der Waals surface area (Å²) in [5, 5.41) is 3.07. The third-order valence-electron chi connectivity index (χ3n) is 3.87. The molecule has 1 aromatic heterocycles. The number of aromatic nitrogens is 2. The molecule has 0 spiro atoms. The number of carbonyl (C=O) groups is 1. The van der Waals surface area contributed by atoms with Crippen LogP contribution in [0.1, 0.15) is 43.5 Å². The molecule has 1 aromatic carbocycles. The number of aryl methyl sites for hydroxylation is 1. The molecule has 2 aromatic rings. The van der Waals surface area contributed by atoms with Crippen LogP contribution >= 0.6 is 0 Å². The molecule has 0 aliphatic heterocycles. The molecule has 1 aliphatic carbocycles. The van der Waals surface area contributed by atoms with E-state index in [4.69, 9.17) is 4.98 Å². The number of nitrogens with zero attached hydrogens (tertiary/aromatic N) is 2. The maximum atomic E-state index is 11.6. The molecule has 0 fully saturated rings. The third-order valence-corrected chi connectivity index (χ3v) is 3.87. The van der Waals surface area contributed by atoms with Gasteiger partial charge >= 0.3 is 0 Å². The van der Waals surface area contributed by atoms with E-state index in [9.17, 15) is 4.79 Å². The second kappa shape index (κ2) is 6.04. The highest BCUT2D eigenvalue weighted by molar-refractivity contribution is 5.76. The summed E-state index contributed by atoms with van der Waals surface area (Å²) in [5.41, 5.74) is 3.17. The van der Waals surface area contributed by atoms with Crippen molar-refractivity contribution in [1.29, 1.82) is 0 Å². The molecule has 1 aliphatic rings. The zero-order chi connectivity index (χ0) is 14.7. The standard InChI is InChI=1S/C17H19N3O/c1-2-16(21)19-14-9-6-10-15-13(14)11-18-17(20-15)12-7-4-3-5-8-12/h3-5,7-8,11,14H,2,6,9-10H2,1H3,(H,19,21)/t14-/m1/s1. The van der Waals surface area contributed by atoms with Gasteiger partial charge < -0.3 is 5.32 Å². The Morgan fingerprint density at radius 1 is 1.33 bits per heavy atom. The predicted octanol–water partition coefficient (Wildman–Crippen LogP) is 3.05. The highest BCUT2D eigenvalue weighted by atomic mass is 16.1. The summed E-state index contributed by atoms with van der Waals surface area (Å²) in [6.45, 7) is 1.87. The Kier molecular flexibility index (Phi) is 3.95. The first-order chi connectivity index (χ1) is 10.3. The Hall–Kier alpha value is -2.23. The van der Waals surface area contributed by atoms with E-state index in [1.54, 1.807) is 0 Å². The van der Waals surface area contributed by atoms with Gasteiger partial charge in [-0.1, -0.05) is 37.3 Å². The van der Waals surface area contributed by atoms with Crippen LogP contribution in [0.25, 0.3) is 11.4 Å². The molecule has 0 radical (unpaired) electrons. The van der Waals surface area contributed by atoms with Gasteiger partial charge in [0.1, 0.15) is 0 Å². The van der Waals surface area contributed by atoms with Crippen molar-refractivity contribution in [2.75, 3.05) is 0 Å². The predicted molar refractivity (Wildman–Crippen MR) is 81.6 cm³/mol. The molecule has 0 bridgehead atoms. The first kappa shape index (κ1) is 13.7. The Morgan fingerprint density at radius 2 is 2.14 bits per heavy atom. The summed E-state index contributed by atoms with van der Waals surface area (Å²) >= 11 is 0. The summed E-state index contributed by atoms with van der Waals surface area (Å²) < 4.78 is 0. The molecule has 4 nitrogen and oxygen atoms in total. The minimum absolute atomic E-state index is 0.0611. The number of amides is 1. The van der Waals surface area contributed by atoms with Crippen molar-refractivity contribution in [3.05, 3.63) is 47.8 Å². The van der Waals surface area contributed by atoms with Gasteiger partial charge in [-0.3, -0.25) is 4.79 Å². The van der Waals surface area contributed by atoms with Crippen LogP contribution in [0.3, 0.4) is 0 Å². The lowest BCUT2D eigenvalue weighted by atomic mass is 9.92. The molecule has 0 unspecified atom stereocenters. The second-order valence-corrected chi connectivity index (χ2v) is 5.33. The smallest absolute Gasteiger partial charge is 0.220 e. The summed E-state index contributed by atoms with van der Waals surface area (Å²) in [4.78, 5) is 20.8. The van der Waals surface area contributed by atoms with E-state index in [2.05, 4.69) is 10.3 Å². The normalized spacial score (nSPS) is 17.1. The van der Waals surface area contributed by atoms with Crippen LogP contribution in [0.5, 0.6) is 0 Å². The number of nitrogens with one attached hydrogen (secondary N) is 1. The molecule has 4 heteroatoms. The van der Waals surface area contributed by atoms with E-state index >= 15 is 0 Å². The third kappa shape index (κ3) is 2.94. The molecule has 0 saturated carbocycles. The molecular weight excluding hydrogens is 262 g/mol. The van der Waals surface area contributed by atoms with E-state index in [0.717, 1.165) is 41.9 Å². The Balaban J connectivity index is 1.90. The quantitative estimate of drug-likeness (QED) is 0.940. The van der Waals surface area contributed by atoms with E-state index in [-0.39, 0.29) is 11.9 Å². The number of hydrogen-bond donors (Lipinski definition) is 1.